The van der Waals surface area contributed by atoms with E-state index < -0.39 is 16.1 Å². The zero-order valence-electron chi connectivity index (χ0n) is 20.0. The summed E-state index contributed by atoms with van der Waals surface area (Å²) in [4.78, 5) is 26.2. The van der Waals surface area contributed by atoms with Gasteiger partial charge in [-0.1, -0.05) is 29.3 Å². The summed E-state index contributed by atoms with van der Waals surface area (Å²) in [5.41, 5.74) is 1.42. The average molecular weight is 522 g/mol. The van der Waals surface area contributed by atoms with Crippen molar-refractivity contribution in [1.29, 1.82) is 0 Å². The molecule has 0 saturated carbocycles. The van der Waals surface area contributed by atoms with E-state index >= 15 is 0 Å². The highest BCUT2D eigenvalue weighted by molar-refractivity contribution is 7.89. The zero-order valence-corrected chi connectivity index (χ0v) is 21.6. The number of carbonyl (C=O) groups is 2. The number of nitrogens with zero attached hydrogens (tertiary/aromatic N) is 1. The van der Waals surface area contributed by atoms with Gasteiger partial charge in [0.2, 0.25) is 15.9 Å². The van der Waals surface area contributed by atoms with Crippen LogP contribution in [-0.2, 0) is 19.6 Å². The number of hydrogen-bond donors (Lipinski definition) is 2. The summed E-state index contributed by atoms with van der Waals surface area (Å²) in [6, 6.07) is 12.5. The minimum absolute atomic E-state index is 0.181. The molecule has 0 aliphatic carbocycles. The molecule has 2 aromatic rings. The summed E-state index contributed by atoms with van der Waals surface area (Å²) < 4.78 is 32.5. The lowest BCUT2D eigenvalue weighted by atomic mass is 9.89. The SMILES string of the molecule is COCCCNC(=O)C(NC(=O)c1cccc(C)c1)C1CCN(S(=O)(=O)c2ccc(Cl)cc2)CC1. The normalized spacial score (nSPS) is 16.0. The Morgan fingerprint density at radius 2 is 1.83 bits per heavy atom. The van der Waals surface area contributed by atoms with Crippen molar-refractivity contribution in [3.63, 3.8) is 0 Å². The highest BCUT2D eigenvalue weighted by Crippen LogP contribution is 2.27. The molecule has 3 rings (SSSR count). The number of methoxy groups -OCH3 is 1. The molecule has 0 aromatic heterocycles. The minimum Gasteiger partial charge on any atom is -0.385 e. The fraction of sp³-hybridized carbons (Fsp3) is 0.440. The molecule has 1 aliphatic rings. The summed E-state index contributed by atoms with van der Waals surface area (Å²) in [5, 5.41) is 6.24. The second-order valence-corrected chi connectivity index (χ2v) is 11.0. The van der Waals surface area contributed by atoms with Gasteiger partial charge in [-0.3, -0.25) is 9.59 Å². The molecule has 1 saturated heterocycles. The molecule has 1 heterocycles. The largest absolute Gasteiger partial charge is 0.385 e. The summed E-state index contributed by atoms with van der Waals surface area (Å²) in [7, 11) is -2.07. The number of amides is 2. The van der Waals surface area contributed by atoms with E-state index in [1.54, 1.807) is 37.4 Å². The lowest BCUT2D eigenvalue weighted by molar-refractivity contribution is -0.124. The molecule has 190 valence electrons. The first-order chi connectivity index (χ1) is 16.7. The van der Waals surface area contributed by atoms with Gasteiger partial charge in [0.15, 0.2) is 0 Å². The molecule has 2 aromatic carbocycles. The van der Waals surface area contributed by atoms with Crippen LogP contribution in [0.25, 0.3) is 0 Å². The van der Waals surface area contributed by atoms with Gasteiger partial charge in [-0.25, -0.2) is 8.42 Å². The molecular formula is C25H32ClN3O5S. The van der Waals surface area contributed by atoms with Gasteiger partial charge in [0.1, 0.15) is 6.04 Å². The lowest BCUT2D eigenvalue weighted by Gasteiger charge is -2.35. The van der Waals surface area contributed by atoms with E-state index in [0.717, 1.165) is 5.56 Å². The molecular weight excluding hydrogens is 490 g/mol. The average Bonchev–Trinajstić information content (AvgIpc) is 2.85. The van der Waals surface area contributed by atoms with Crippen LogP contribution < -0.4 is 10.6 Å². The highest BCUT2D eigenvalue weighted by Gasteiger charge is 2.36. The van der Waals surface area contributed by atoms with E-state index in [9.17, 15) is 18.0 Å². The number of piperidine rings is 1. The lowest BCUT2D eigenvalue weighted by Crippen LogP contribution is -2.54. The smallest absolute Gasteiger partial charge is 0.251 e. The topological polar surface area (TPSA) is 105 Å². The molecule has 10 heteroatoms. The third kappa shape index (κ3) is 7.27. The van der Waals surface area contributed by atoms with E-state index in [1.165, 1.54) is 16.4 Å². The quantitative estimate of drug-likeness (QED) is 0.468. The number of hydrogen-bond acceptors (Lipinski definition) is 5. The molecule has 8 nitrogen and oxygen atoms in total. The maximum absolute atomic E-state index is 13.1. The molecule has 0 bridgehead atoms. The van der Waals surface area contributed by atoms with E-state index in [0.29, 0.717) is 43.0 Å². The van der Waals surface area contributed by atoms with E-state index in [-0.39, 0.29) is 35.7 Å². The van der Waals surface area contributed by atoms with Gasteiger partial charge in [-0.15, -0.1) is 0 Å². The fourth-order valence-corrected chi connectivity index (χ4v) is 5.75. The van der Waals surface area contributed by atoms with Gasteiger partial charge in [-0.05, 0) is 68.5 Å². The van der Waals surface area contributed by atoms with Crippen LogP contribution in [0, 0.1) is 12.8 Å². The molecule has 1 fully saturated rings. The summed E-state index contributed by atoms with van der Waals surface area (Å²) >= 11 is 5.89. The van der Waals surface area contributed by atoms with Crippen molar-refractivity contribution in [1.82, 2.24) is 14.9 Å². The number of carbonyl (C=O) groups excluding carboxylic acids is 2. The minimum atomic E-state index is -3.67. The monoisotopic (exact) mass is 521 g/mol. The van der Waals surface area contributed by atoms with Crippen LogP contribution in [0.4, 0.5) is 0 Å². The van der Waals surface area contributed by atoms with Gasteiger partial charge in [0.25, 0.3) is 5.91 Å². The number of aryl methyl sites for hydroxylation is 1. The molecule has 2 N–H and O–H groups in total. The molecule has 1 atom stereocenters. The number of sulfonamides is 1. The van der Waals surface area contributed by atoms with Crippen LogP contribution in [0.15, 0.2) is 53.4 Å². The number of benzene rings is 2. The van der Waals surface area contributed by atoms with E-state index in [2.05, 4.69) is 10.6 Å². The first-order valence-electron chi connectivity index (χ1n) is 11.6. The second kappa shape index (κ2) is 12.5. The van der Waals surface area contributed by atoms with Gasteiger partial charge >= 0.3 is 0 Å². The standard InChI is InChI=1S/C25H32ClN3O5S/c1-18-5-3-6-20(17-18)24(30)28-23(25(31)27-13-4-16-34-2)19-11-14-29(15-12-19)35(32,33)22-9-7-21(26)8-10-22/h3,5-10,17,19,23H,4,11-16H2,1-2H3,(H,27,31)(H,28,30). The van der Waals surface area contributed by atoms with Crippen LogP contribution in [0.2, 0.25) is 5.02 Å². The third-order valence-corrected chi connectivity index (χ3v) is 8.26. The first kappa shape index (κ1) is 27.1. The number of nitrogens with one attached hydrogen (secondary N) is 2. The van der Waals surface area contributed by atoms with Gasteiger partial charge in [0.05, 0.1) is 4.90 Å². The van der Waals surface area contributed by atoms with Gasteiger partial charge < -0.3 is 15.4 Å². The molecule has 35 heavy (non-hydrogen) atoms. The van der Waals surface area contributed by atoms with E-state index in [4.69, 9.17) is 16.3 Å². The number of halogens is 1. The van der Waals surface area contributed by atoms with Crippen molar-refractivity contribution in [2.75, 3.05) is 33.4 Å². The predicted molar refractivity (Wildman–Crippen MR) is 135 cm³/mol. The summed E-state index contributed by atoms with van der Waals surface area (Å²) in [5.74, 6) is -0.814. The Hall–Kier alpha value is -2.46. The zero-order chi connectivity index (χ0) is 25.4. The van der Waals surface area contributed by atoms with Crippen molar-refractivity contribution in [3.05, 3.63) is 64.7 Å². The highest BCUT2D eigenvalue weighted by atomic mass is 35.5. The molecule has 0 spiro atoms. The summed E-state index contributed by atoms with van der Waals surface area (Å²) in [6.07, 6.45) is 1.53. The van der Waals surface area contributed by atoms with Crippen LogP contribution in [0.1, 0.15) is 35.2 Å². The molecule has 0 radical (unpaired) electrons. The first-order valence-corrected chi connectivity index (χ1v) is 13.4. The summed E-state index contributed by atoms with van der Waals surface area (Å²) in [6.45, 7) is 3.34. The maximum atomic E-state index is 13.1. The van der Waals surface area contributed by atoms with Crippen LogP contribution >= 0.6 is 11.6 Å². The second-order valence-electron chi connectivity index (χ2n) is 8.65. The van der Waals surface area contributed by atoms with Gasteiger partial charge in [0, 0.05) is 43.9 Å². The Morgan fingerprint density at radius 1 is 1.14 bits per heavy atom. The fourth-order valence-electron chi connectivity index (χ4n) is 4.15. The third-order valence-electron chi connectivity index (χ3n) is 6.10. The van der Waals surface area contributed by atoms with Crippen LogP contribution in [0.5, 0.6) is 0 Å². The molecule has 1 aliphatic heterocycles. The predicted octanol–water partition coefficient (Wildman–Crippen LogP) is 3.00. The van der Waals surface area contributed by atoms with Crippen LogP contribution in [-0.4, -0.2) is 63.9 Å². The Morgan fingerprint density at radius 3 is 2.46 bits per heavy atom. The Balaban J connectivity index is 1.71. The Bertz CT molecular complexity index is 1120. The van der Waals surface area contributed by atoms with Crippen molar-refractivity contribution >= 4 is 33.4 Å². The molecule has 2 amide bonds. The number of rotatable bonds is 10. The Labute approximate surface area is 212 Å². The Kier molecular flexibility index (Phi) is 9.68. The van der Waals surface area contributed by atoms with Gasteiger partial charge in [-0.2, -0.15) is 4.31 Å². The number of ether oxygens (including phenoxy) is 1. The maximum Gasteiger partial charge on any atom is 0.251 e. The van der Waals surface area contributed by atoms with E-state index in [1.807, 2.05) is 13.0 Å². The van der Waals surface area contributed by atoms with Crippen LogP contribution in [0.3, 0.4) is 0 Å². The van der Waals surface area contributed by atoms with Crippen molar-refractivity contribution in [2.45, 2.75) is 37.1 Å². The van der Waals surface area contributed by atoms with Crippen molar-refractivity contribution in [3.8, 4) is 0 Å². The molecule has 1 unspecified atom stereocenters. The van der Waals surface area contributed by atoms with Crippen molar-refractivity contribution < 1.29 is 22.7 Å². The van der Waals surface area contributed by atoms with Crippen molar-refractivity contribution in [2.24, 2.45) is 5.92 Å².